The molecule has 7 nitrogen and oxygen atoms in total. The number of alkyl halides is 6. The van der Waals surface area contributed by atoms with E-state index in [1.165, 1.54) is 109 Å². The number of rotatable bonds is 11. The second-order valence-corrected chi connectivity index (χ2v) is 20.8. The third-order valence-electron chi connectivity index (χ3n) is 9.39. The first kappa shape index (κ1) is 38.5. The summed E-state index contributed by atoms with van der Waals surface area (Å²) in [7, 11) is -14.9. The summed E-state index contributed by atoms with van der Waals surface area (Å²) in [6.45, 7) is 2.88. The Morgan fingerprint density at radius 2 is 1.02 bits per heavy atom. The predicted octanol–water partition coefficient (Wildman–Crippen LogP) is 7.74. The minimum Gasteiger partial charge on any atom is -0.202 e. The number of hydrogen-bond acceptors (Lipinski definition) is 6. The Labute approximate surface area is 253 Å². The molecule has 3 aliphatic rings. The molecule has 0 aromatic heterocycles. The van der Waals surface area contributed by atoms with Crippen LogP contribution in [-0.2, 0) is 29.6 Å². The van der Waals surface area contributed by atoms with Crippen LogP contribution in [0.4, 0.5) is 26.3 Å². The van der Waals surface area contributed by atoms with Gasteiger partial charge in [-0.2, -0.15) is 26.3 Å². The van der Waals surface area contributed by atoms with E-state index in [9.17, 15) is 48.0 Å². The van der Waals surface area contributed by atoms with Crippen molar-refractivity contribution in [2.24, 2.45) is 0 Å². The van der Waals surface area contributed by atoms with Gasteiger partial charge in [0.2, 0.25) is 0 Å². The molecule has 3 saturated carbocycles. The molecule has 0 heterocycles. The van der Waals surface area contributed by atoms with Crippen molar-refractivity contribution in [1.82, 2.24) is 4.13 Å². The number of halogens is 6. The number of hydrogen-bond donors (Lipinski definition) is 1. The van der Waals surface area contributed by atoms with Crippen molar-refractivity contribution in [2.75, 3.05) is 12.8 Å². The van der Waals surface area contributed by atoms with E-state index in [2.05, 4.69) is 6.92 Å². The third kappa shape index (κ3) is 11.0. The van der Waals surface area contributed by atoms with E-state index in [1.807, 2.05) is 0 Å². The number of carbonyl (C=O) groups is 1. The zero-order valence-corrected chi connectivity index (χ0v) is 27.5. The van der Waals surface area contributed by atoms with Gasteiger partial charge in [-0.3, -0.25) is 0 Å². The largest absolute Gasteiger partial charge is 0.512 e. The molecule has 0 saturated heterocycles. The molecule has 256 valence electrons. The van der Waals surface area contributed by atoms with Gasteiger partial charge >= 0.3 is 206 Å². The van der Waals surface area contributed by atoms with Crippen LogP contribution in [0.15, 0.2) is 0 Å². The molecule has 1 N–H and O–H groups in total. The quantitative estimate of drug-likeness (QED) is 0.103. The van der Waals surface area contributed by atoms with Crippen LogP contribution in [-0.4, -0.2) is 63.6 Å². The zero-order chi connectivity index (χ0) is 32.4. The van der Waals surface area contributed by atoms with Gasteiger partial charge in [-0.1, -0.05) is 4.13 Å². The number of sulfonamides is 2. The van der Waals surface area contributed by atoms with E-state index in [4.69, 9.17) is 4.74 Å². The Hall–Kier alpha value is -0.660. The van der Waals surface area contributed by atoms with Crippen LogP contribution in [0.2, 0.25) is 0 Å². The second kappa shape index (κ2) is 16.8. The Balaban J connectivity index is 0.000000367. The molecule has 3 fully saturated rings. The van der Waals surface area contributed by atoms with Gasteiger partial charge in [0.1, 0.15) is 0 Å². The first-order valence-electron chi connectivity index (χ1n) is 15.5. The summed E-state index contributed by atoms with van der Waals surface area (Å²) in [4.78, 5) is 13.2. The number of ether oxygens (including phenoxy) is 1. The molecule has 0 aliphatic heterocycles. The maximum Gasteiger partial charge on any atom is 0.512 e. The maximum absolute atomic E-state index is 13.2. The fourth-order valence-corrected chi connectivity index (χ4v) is 17.3. The Bertz CT molecular complexity index is 979. The minimum atomic E-state index is -6.60. The molecule has 0 amide bonds. The van der Waals surface area contributed by atoms with Crippen molar-refractivity contribution in [1.29, 1.82) is 0 Å². The molecule has 0 spiro atoms. The predicted molar refractivity (Wildman–Crippen MR) is 157 cm³/mol. The Kier molecular flexibility index (Phi) is 15.0. The molecule has 0 atom stereocenters. The monoisotopic (exact) mass is 691 g/mol. The number of nitrogens with one attached hydrogen (secondary N) is 1. The molecule has 0 aromatic rings. The van der Waals surface area contributed by atoms with Crippen molar-refractivity contribution < 1.29 is 52.7 Å². The average molecular weight is 692 g/mol. The average Bonchev–Trinajstić information content (AvgIpc) is 2.94. The summed E-state index contributed by atoms with van der Waals surface area (Å²) in [5, 5.41) is 0. The van der Waals surface area contributed by atoms with Gasteiger partial charge in [0.25, 0.3) is 0 Å². The molecule has 0 unspecified atom stereocenters. The van der Waals surface area contributed by atoms with Gasteiger partial charge in [-0.25, -0.2) is 16.8 Å². The van der Waals surface area contributed by atoms with E-state index >= 15 is 0 Å². The molecule has 3 aliphatic carbocycles. The van der Waals surface area contributed by atoms with Crippen molar-refractivity contribution in [2.45, 2.75) is 150 Å². The molecule has 43 heavy (non-hydrogen) atoms. The van der Waals surface area contributed by atoms with Crippen LogP contribution in [0.1, 0.15) is 122 Å². The molecular weight excluding hydrogens is 643 g/mol. The van der Waals surface area contributed by atoms with Crippen molar-refractivity contribution >= 4 is 33.3 Å². The first-order chi connectivity index (χ1) is 20.0. The first-order valence-corrected chi connectivity index (χ1v) is 20.9. The van der Waals surface area contributed by atoms with Crippen molar-refractivity contribution in [3.63, 3.8) is 0 Å². The minimum absolute atomic E-state index is 0.199. The summed E-state index contributed by atoms with van der Waals surface area (Å²) < 4.78 is 114. The molecule has 0 bridgehead atoms. The molecule has 0 radical (unpaired) electrons. The number of carbonyl (C=O) groups excluding carboxylic acids is 1. The summed E-state index contributed by atoms with van der Waals surface area (Å²) in [5.41, 5.74) is -9.56. The van der Waals surface area contributed by atoms with Crippen LogP contribution < -0.4 is 4.13 Å². The maximum atomic E-state index is 13.2. The molecule has 16 heteroatoms. The Morgan fingerprint density at radius 1 is 0.674 bits per heavy atom. The SMILES string of the molecule is CCCCCOC(=O)C[PH](C1CCCCC1)(C1CCCCC1)C1CCCCC1.O=S(=O)(NS(=O)(=O)C(F)(F)F)C(F)(F)F. The summed E-state index contributed by atoms with van der Waals surface area (Å²) in [6.07, 6.45) is 25.7. The zero-order valence-electron chi connectivity index (χ0n) is 24.9. The van der Waals surface area contributed by atoms with Crippen LogP contribution in [0.3, 0.4) is 0 Å². The van der Waals surface area contributed by atoms with Crippen molar-refractivity contribution in [3.05, 3.63) is 0 Å². The topological polar surface area (TPSA) is 107 Å². The normalized spacial score (nSPS) is 21.1. The molecule has 0 aromatic carbocycles. The summed E-state index contributed by atoms with van der Waals surface area (Å²) in [5.74, 6) is 0.199. The van der Waals surface area contributed by atoms with Gasteiger partial charge in [-0.15, -0.1) is 0 Å². The number of esters is 1. The van der Waals surface area contributed by atoms with E-state index in [0.717, 1.165) is 29.6 Å². The van der Waals surface area contributed by atoms with Gasteiger partial charge in [0, 0.05) is 0 Å². The molecule has 3 rings (SSSR count). The standard InChI is InChI=1S/C25H47O2P.C2HF6NO4S2/c1-2-3-13-20-27-25(26)21-28(22-14-7-4-8-15-22,23-16-9-5-10-17-23)24-18-11-6-12-19-24;3-1(4,5)14(10,11)9-15(12,13)2(6,7)8/h22-24,28H,2-21H2,1H3;9H. The fraction of sp³-hybridized carbons (Fsp3) is 0.963. The smallest absolute Gasteiger partial charge is 0.202 e. The van der Waals surface area contributed by atoms with Gasteiger partial charge < -0.3 is 0 Å². The van der Waals surface area contributed by atoms with E-state index < -0.39 is 42.5 Å². The van der Waals surface area contributed by atoms with Crippen LogP contribution in [0.5, 0.6) is 0 Å². The number of unbranched alkanes of at least 4 members (excludes halogenated alkanes) is 2. The van der Waals surface area contributed by atoms with Gasteiger partial charge in [-0.05, 0) is 0 Å². The third-order valence-corrected chi connectivity index (χ3v) is 19.6. The summed E-state index contributed by atoms with van der Waals surface area (Å²) >= 11 is 0. The van der Waals surface area contributed by atoms with Crippen LogP contribution in [0.25, 0.3) is 0 Å². The van der Waals surface area contributed by atoms with Gasteiger partial charge in [0.15, 0.2) is 0 Å². The van der Waals surface area contributed by atoms with E-state index in [0.29, 0.717) is 6.61 Å². The van der Waals surface area contributed by atoms with E-state index in [-0.39, 0.29) is 5.97 Å². The van der Waals surface area contributed by atoms with Crippen molar-refractivity contribution in [3.8, 4) is 0 Å². The second-order valence-electron chi connectivity index (χ2n) is 12.2. The van der Waals surface area contributed by atoms with Crippen LogP contribution >= 0.6 is 7.26 Å². The molecular formula is C27H48F6NO6PS2. The fourth-order valence-electron chi connectivity index (χ4n) is 7.43. The Morgan fingerprint density at radius 3 is 1.33 bits per heavy atom. The summed E-state index contributed by atoms with van der Waals surface area (Å²) in [6, 6.07) is 0. The van der Waals surface area contributed by atoms with E-state index in [1.54, 1.807) is 0 Å². The van der Waals surface area contributed by atoms with Gasteiger partial charge in [0.05, 0.1) is 0 Å². The van der Waals surface area contributed by atoms with Crippen LogP contribution in [0, 0.1) is 0 Å².